The number of aliphatic carboxylic acids is 3. The molecule has 11 atom stereocenters. The number of amides is 9. The van der Waals surface area contributed by atoms with Crippen LogP contribution >= 0.6 is 0 Å². The molecular weight excluding hydrogens is 1020 g/mol. The number of carboxylic acid groups (broad SMARTS) is 3. The van der Waals surface area contributed by atoms with E-state index in [1.54, 1.807) is 41.5 Å². The average molecular weight is 1110 g/mol. The van der Waals surface area contributed by atoms with Crippen molar-refractivity contribution in [3.8, 4) is 5.75 Å². The Morgan fingerprint density at radius 1 is 0.500 bits per heavy atom. The van der Waals surface area contributed by atoms with E-state index in [0.717, 1.165) is 0 Å². The summed E-state index contributed by atoms with van der Waals surface area (Å²) in [5.74, 6) is -13.6. The number of hydrogen-bond acceptors (Lipinski definition) is 15. The first-order chi connectivity index (χ1) is 36.5. The summed E-state index contributed by atoms with van der Waals surface area (Å²) in [6.07, 6.45) is -1.49. The van der Waals surface area contributed by atoms with Crippen molar-refractivity contribution in [2.75, 3.05) is 6.54 Å². The lowest BCUT2D eigenvalue weighted by atomic mass is 9.95. The van der Waals surface area contributed by atoms with Gasteiger partial charge in [-0.3, -0.25) is 52.7 Å². The number of carboxylic acids is 3. The Morgan fingerprint density at radius 2 is 0.923 bits per heavy atom. The molecule has 18 N–H and O–H groups in total. The van der Waals surface area contributed by atoms with Gasteiger partial charge in [0, 0.05) is 25.7 Å². The maximum atomic E-state index is 14.3. The number of primary amides is 1. The Bertz CT molecular complexity index is 2210. The lowest BCUT2D eigenvalue weighted by molar-refractivity contribution is -0.142. The lowest BCUT2D eigenvalue weighted by Gasteiger charge is -2.30. The van der Waals surface area contributed by atoms with Crippen LogP contribution in [-0.4, -0.2) is 152 Å². The molecule has 1 aromatic carbocycles. The molecule has 0 spiro atoms. The van der Waals surface area contributed by atoms with Crippen molar-refractivity contribution in [3.63, 3.8) is 0 Å². The number of nitrogens with two attached hydrogens (primary N) is 3. The van der Waals surface area contributed by atoms with Gasteiger partial charge in [-0.25, -0.2) is 4.79 Å². The second kappa shape index (κ2) is 35.1. The highest BCUT2D eigenvalue weighted by Crippen LogP contribution is 2.16. The first kappa shape index (κ1) is 68.6. The summed E-state index contributed by atoms with van der Waals surface area (Å²) in [6, 6.07) is -6.98. The Morgan fingerprint density at radius 3 is 1.38 bits per heavy atom. The molecule has 27 nitrogen and oxygen atoms in total. The Labute approximate surface area is 453 Å². The van der Waals surface area contributed by atoms with Gasteiger partial charge in [0.25, 0.3) is 0 Å². The number of benzene rings is 1. The van der Waals surface area contributed by atoms with E-state index in [1.165, 1.54) is 31.2 Å². The number of aromatic hydroxyl groups is 1. The zero-order valence-corrected chi connectivity index (χ0v) is 45.6. The molecule has 0 aromatic heterocycles. The third-order valence-electron chi connectivity index (χ3n) is 12.8. The highest BCUT2D eigenvalue weighted by atomic mass is 16.4. The summed E-state index contributed by atoms with van der Waals surface area (Å²) in [5.41, 5.74) is 17.4. The smallest absolute Gasteiger partial charge is 0.326 e. The standard InChI is InChI=1S/C51H83N11O16/c1-8-27(5)41(61-43(69)29(7)55-44(70)32(53)17-21-39(65)66)49(75)58-35(19-22-40(67)68)46(72)57-34(18-20-38(54)64)47(73)62-42(28(6)9-2)50(76)59-36(24-26(3)4)48(74)56-33(12-10-11-23-52)45(71)60-37(51(77)78)25-30-13-15-31(63)16-14-30/h13-16,26-29,32-37,41-42,63H,8-12,17-25,52-53H2,1-7H3,(H2,54,64)(H,55,70)(H,56,74)(H,57,72)(H,58,75)(H,59,76)(H,60,71)(H,61,69)(H,62,73)(H,65,66)(H,67,68)(H,77,78)/t27-,28-,29-,32-,33-,34-,35-,36-,37-,41-,42-/m0/s1. The average Bonchev–Trinajstić information content (AvgIpc) is 3.37. The molecule has 0 aliphatic heterocycles. The normalized spacial score (nSPS) is 15.4. The van der Waals surface area contributed by atoms with Gasteiger partial charge in [-0.1, -0.05) is 66.5 Å². The molecule has 438 valence electrons. The fourth-order valence-electron chi connectivity index (χ4n) is 7.70. The van der Waals surface area contributed by atoms with Gasteiger partial charge in [0.2, 0.25) is 53.2 Å². The third-order valence-corrected chi connectivity index (χ3v) is 12.8. The van der Waals surface area contributed by atoms with Crippen molar-refractivity contribution in [1.29, 1.82) is 0 Å². The van der Waals surface area contributed by atoms with Crippen LogP contribution in [0.25, 0.3) is 0 Å². The maximum absolute atomic E-state index is 14.3. The largest absolute Gasteiger partial charge is 0.508 e. The number of hydrogen-bond donors (Lipinski definition) is 15. The topological polar surface area (TPSA) is 460 Å². The molecule has 27 heteroatoms. The van der Waals surface area contributed by atoms with E-state index < -0.39 is 169 Å². The molecule has 9 amide bonds. The molecule has 0 radical (unpaired) electrons. The van der Waals surface area contributed by atoms with Gasteiger partial charge < -0.3 is 80.2 Å². The van der Waals surface area contributed by atoms with E-state index >= 15 is 0 Å². The van der Waals surface area contributed by atoms with E-state index in [0.29, 0.717) is 24.8 Å². The Kier molecular flexibility index (Phi) is 30.9. The minimum atomic E-state index is -1.68. The van der Waals surface area contributed by atoms with Gasteiger partial charge in [-0.15, -0.1) is 0 Å². The van der Waals surface area contributed by atoms with E-state index in [4.69, 9.17) is 22.3 Å². The Balaban J connectivity index is 3.49. The van der Waals surface area contributed by atoms with Crippen molar-refractivity contribution in [2.24, 2.45) is 35.0 Å². The van der Waals surface area contributed by atoms with Gasteiger partial charge in [-0.2, -0.15) is 0 Å². The Hall–Kier alpha value is -7.42. The molecule has 0 fully saturated rings. The van der Waals surface area contributed by atoms with Gasteiger partial charge >= 0.3 is 17.9 Å². The van der Waals surface area contributed by atoms with E-state index in [-0.39, 0.29) is 50.3 Å². The summed E-state index contributed by atoms with van der Waals surface area (Å²) in [5, 5.41) is 58.2. The van der Waals surface area contributed by atoms with Crippen molar-refractivity contribution < 1.29 is 78.0 Å². The summed E-state index contributed by atoms with van der Waals surface area (Å²) in [4.78, 5) is 157. The number of phenols is 1. The summed E-state index contributed by atoms with van der Waals surface area (Å²) >= 11 is 0. The molecule has 0 heterocycles. The molecule has 0 aliphatic rings. The summed E-state index contributed by atoms with van der Waals surface area (Å²) in [6.45, 7) is 11.7. The van der Waals surface area contributed by atoms with Crippen LogP contribution in [0.3, 0.4) is 0 Å². The quantitative estimate of drug-likeness (QED) is 0.0335. The van der Waals surface area contributed by atoms with Crippen LogP contribution < -0.4 is 59.7 Å². The van der Waals surface area contributed by atoms with E-state index in [9.17, 15) is 72.9 Å². The monoisotopic (exact) mass is 1110 g/mol. The van der Waals surface area contributed by atoms with Gasteiger partial charge in [0.15, 0.2) is 0 Å². The van der Waals surface area contributed by atoms with E-state index in [2.05, 4.69) is 42.5 Å². The number of carbonyl (C=O) groups excluding carboxylic acids is 9. The second-order valence-corrected chi connectivity index (χ2v) is 19.9. The fraction of sp³-hybridized carbons (Fsp3) is 0.647. The number of rotatable bonds is 38. The van der Waals surface area contributed by atoms with Crippen molar-refractivity contribution in [3.05, 3.63) is 29.8 Å². The van der Waals surface area contributed by atoms with Gasteiger partial charge in [0.1, 0.15) is 54.1 Å². The van der Waals surface area contributed by atoms with Crippen LogP contribution in [0, 0.1) is 17.8 Å². The molecule has 1 rings (SSSR count). The van der Waals surface area contributed by atoms with Crippen LogP contribution in [0.15, 0.2) is 24.3 Å². The lowest BCUT2D eigenvalue weighted by Crippen LogP contribution is -2.61. The number of carbonyl (C=O) groups is 12. The predicted molar refractivity (Wildman–Crippen MR) is 282 cm³/mol. The number of unbranched alkanes of at least 4 members (excludes halogenated alkanes) is 1. The first-order valence-electron chi connectivity index (χ1n) is 26.2. The molecule has 0 bridgehead atoms. The third kappa shape index (κ3) is 25.6. The van der Waals surface area contributed by atoms with Crippen LogP contribution in [-0.2, 0) is 64.0 Å². The molecule has 1 aromatic rings. The fourth-order valence-corrected chi connectivity index (χ4v) is 7.70. The predicted octanol–water partition coefficient (Wildman–Crippen LogP) is -1.49. The zero-order valence-electron chi connectivity index (χ0n) is 45.6. The summed E-state index contributed by atoms with van der Waals surface area (Å²) in [7, 11) is 0. The van der Waals surface area contributed by atoms with Crippen LogP contribution in [0.2, 0.25) is 0 Å². The molecule has 0 aliphatic carbocycles. The number of nitrogens with one attached hydrogen (secondary N) is 8. The van der Waals surface area contributed by atoms with Crippen molar-refractivity contribution >= 4 is 71.1 Å². The SMILES string of the molecule is CC[C@H](C)[C@H](NC(=O)[C@H](C)NC(=O)[C@@H](N)CCC(=O)O)C(=O)N[C@@H](CCC(=O)O)C(=O)N[C@@H](CCC(N)=O)C(=O)N[C@H](C(=O)N[C@@H](CC(C)C)C(=O)N[C@@H](CCCCN)C(=O)N[C@@H](Cc1ccc(O)cc1)C(=O)O)[C@@H](C)CC. The second-order valence-electron chi connectivity index (χ2n) is 19.9. The molecule has 0 saturated heterocycles. The summed E-state index contributed by atoms with van der Waals surface area (Å²) < 4.78 is 0. The van der Waals surface area contributed by atoms with Gasteiger partial charge in [-0.05, 0) is 93.9 Å². The minimum absolute atomic E-state index is 0.0251. The van der Waals surface area contributed by atoms with Crippen molar-refractivity contribution in [1.82, 2.24) is 42.5 Å². The minimum Gasteiger partial charge on any atom is -0.508 e. The maximum Gasteiger partial charge on any atom is 0.326 e. The number of phenolic OH excluding ortho intramolecular Hbond substituents is 1. The molecular formula is C51H83N11O16. The zero-order chi connectivity index (χ0) is 59.4. The van der Waals surface area contributed by atoms with Crippen LogP contribution in [0.4, 0.5) is 0 Å². The van der Waals surface area contributed by atoms with Crippen molar-refractivity contribution in [2.45, 2.75) is 186 Å². The van der Waals surface area contributed by atoms with Crippen LogP contribution in [0.1, 0.15) is 131 Å². The van der Waals surface area contributed by atoms with Gasteiger partial charge in [0.05, 0.1) is 6.04 Å². The van der Waals surface area contributed by atoms with E-state index in [1.807, 2.05) is 0 Å². The van der Waals surface area contributed by atoms with Crippen LogP contribution in [0.5, 0.6) is 5.75 Å². The first-order valence-corrected chi connectivity index (χ1v) is 26.2. The molecule has 0 saturated carbocycles. The highest BCUT2D eigenvalue weighted by molar-refractivity contribution is 5.98. The highest BCUT2D eigenvalue weighted by Gasteiger charge is 2.37. The molecule has 78 heavy (non-hydrogen) atoms. The molecule has 0 unspecified atom stereocenters.